The van der Waals surface area contributed by atoms with Crippen molar-refractivity contribution in [2.45, 2.75) is 31.6 Å². The molecule has 2 aromatic heterocycles. The fourth-order valence-electron chi connectivity index (χ4n) is 3.60. The number of benzene rings is 1. The van der Waals surface area contributed by atoms with Crippen molar-refractivity contribution < 1.29 is 18.0 Å². The normalized spacial score (nSPS) is 16.0. The Hall–Kier alpha value is -2.65. The van der Waals surface area contributed by atoms with Crippen LogP contribution in [0.25, 0.3) is 10.6 Å². The van der Waals surface area contributed by atoms with Gasteiger partial charge in [0.1, 0.15) is 0 Å². The number of rotatable bonds is 5. The predicted octanol–water partition coefficient (Wildman–Crippen LogP) is 4.55. The van der Waals surface area contributed by atoms with E-state index in [0.29, 0.717) is 30.9 Å². The summed E-state index contributed by atoms with van der Waals surface area (Å²) in [5.74, 6) is -0.217. The largest absolute Gasteiger partial charge is 0.416 e. The Bertz CT molecular complexity index is 992. The molecule has 3 aromatic rings. The van der Waals surface area contributed by atoms with Gasteiger partial charge in [-0.2, -0.15) is 18.3 Å². The minimum atomic E-state index is -4.33. The molecule has 1 amide bonds. The average Bonchev–Trinajstić information content (AvgIpc) is 3.41. The van der Waals surface area contributed by atoms with Crippen LogP contribution in [0.1, 0.15) is 34.5 Å². The Morgan fingerprint density at radius 2 is 2.00 bits per heavy atom. The topological polar surface area (TPSA) is 61.0 Å². The molecule has 2 N–H and O–H groups in total. The van der Waals surface area contributed by atoms with E-state index in [1.165, 1.54) is 12.1 Å². The number of hydrogen-bond acceptors (Lipinski definition) is 4. The highest BCUT2D eigenvalue weighted by molar-refractivity contribution is 7.13. The molecular formula is C21H21F3N4OS. The Morgan fingerprint density at radius 3 is 2.70 bits per heavy atom. The standard InChI is InChI=1S/C21H21F3N4OS/c22-21(23,24)15-4-1-3-14(11-15)13-28-8-6-16(7-9-28)25-20(29)18-12-17(26-27-18)19-5-2-10-30-19/h1-5,10-12,16H,6-9,13H2,(H,25,29)(H,26,27). The number of aromatic amines is 1. The van der Waals surface area contributed by atoms with E-state index in [2.05, 4.69) is 20.4 Å². The molecule has 1 saturated heterocycles. The maximum absolute atomic E-state index is 12.9. The van der Waals surface area contributed by atoms with E-state index >= 15 is 0 Å². The molecule has 158 valence electrons. The fourth-order valence-corrected chi connectivity index (χ4v) is 4.29. The number of aromatic nitrogens is 2. The summed E-state index contributed by atoms with van der Waals surface area (Å²) >= 11 is 1.57. The summed E-state index contributed by atoms with van der Waals surface area (Å²) in [7, 11) is 0. The van der Waals surface area contributed by atoms with Crippen LogP contribution < -0.4 is 5.32 Å². The van der Waals surface area contributed by atoms with Crippen LogP contribution in [0.5, 0.6) is 0 Å². The molecule has 30 heavy (non-hydrogen) atoms. The third kappa shape index (κ3) is 4.91. The predicted molar refractivity (Wildman–Crippen MR) is 109 cm³/mol. The van der Waals surface area contributed by atoms with E-state index in [1.807, 2.05) is 17.5 Å². The van der Waals surface area contributed by atoms with Crippen molar-refractivity contribution in [2.75, 3.05) is 13.1 Å². The highest BCUT2D eigenvalue weighted by Crippen LogP contribution is 2.30. The first kappa shape index (κ1) is 20.6. The summed E-state index contributed by atoms with van der Waals surface area (Å²) in [6.07, 6.45) is -2.84. The third-order valence-corrected chi connectivity index (χ3v) is 6.08. The quantitative estimate of drug-likeness (QED) is 0.619. The summed E-state index contributed by atoms with van der Waals surface area (Å²) < 4.78 is 38.6. The molecule has 1 aliphatic rings. The molecule has 0 spiro atoms. The molecule has 0 aliphatic carbocycles. The Labute approximate surface area is 175 Å². The molecule has 0 bridgehead atoms. The maximum Gasteiger partial charge on any atom is 0.416 e. The molecule has 1 aliphatic heterocycles. The first-order valence-electron chi connectivity index (χ1n) is 9.67. The lowest BCUT2D eigenvalue weighted by atomic mass is 10.0. The molecule has 5 nitrogen and oxygen atoms in total. The number of nitrogens with one attached hydrogen (secondary N) is 2. The fraction of sp³-hybridized carbons (Fsp3) is 0.333. The number of halogens is 3. The monoisotopic (exact) mass is 434 g/mol. The lowest BCUT2D eigenvalue weighted by Gasteiger charge is -2.32. The van der Waals surface area contributed by atoms with Gasteiger partial charge in [0.25, 0.3) is 5.91 Å². The minimum Gasteiger partial charge on any atom is -0.348 e. The van der Waals surface area contributed by atoms with E-state index in [4.69, 9.17) is 0 Å². The van der Waals surface area contributed by atoms with Crippen LogP contribution >= 0.6 is 11.3 Å². The number of carbonyl (C=O) groups excluding carboxylic acids is 1. The minimum absolute atomic E-state index is 0.0251. The van der Waals surface area contributed by atoms with Gasteiger partial charge in [-0.3, -0.25) is 14.8 Å². The summed E-state index contributed by atoms with van der Waals surface area (Å²) in [5.41, 5.74) is 1.18. The zero-order chi connectivity index (χ0) is 21.1. The van der Waals surface area contributed by atoms with Gasteiger partial charge in [0.15, 0.2) is 5.69 Å². The number of carbonyl (C=O) groups is 1. The molecular weight excluding hydrogens is 413 g/mol. The third-order valence-electron chi connectivity index (χ3n) is 5.18. The SMILES string of the molecule is O=C(NC1CCN(Cc2cccc(C(F)(F)F)c2)CC1)c1cc(-c2cccs2)[nH]n1. The van der Waals surface area contributed by atoms with Crippen LogP contribution in [0.2, 0.25) is 0 Å². The first-order chi connectivity index (χ1) is 14.4. The van der Waals surface area contributed by atoms with Crippen molar-refractivity contribution in [3.8, 4) is 10.6 Å². The number of likely N-dealkylation sites (tertiary alicyclic amines) is 1. The van der Waals surface area contributed by atoms with Crippen LogP contribution in [0, 0.1) is 0 Å². The molecule has 0 radical (unpaired) electrons. The van der Waals surface area contributed by atoms with E-state index < -0.39 is 11.7 Å². The van der Waals surface area contributed by atoms with Gasteiger partial charge in [-0.25, -0.2) is 0 Å². The number of thiophene rings is 1. The number of piperidine rings is 1. The van der Waals surface area contributed by atoms with E-state index in [0.717, 1.165) is 29.5 Å². The van der Waals surface area contributed by atoms with Crippen molar-refractivity contribution in [3.05, 3.63) is 64.7 Å². The van der Waals surface area contributed by atoms with Gasteiger partial charge in [-0.15, -0.1) is 11.3 Å². The molecule has 0 unspecified atom stereocenters. The van der Waals surface area contributed by atoms with Gasteiger partial charge in [0.2, 0.25) is 0 Å². The van der Waals surface area contributed by atoms with E-state index in [9.17, 15) is 18.0 Å². The number of alkyl halides is 3. The zero-order valence-electron chi connectivity index (χ0n) is 16.1. The summed E-state index contributed by atoms with van der Waals surface area (Å²) in [6, 6.07) is 11.1. The number of nitrogens with zero attached hydrogens (tertiary/aromatic N) is 2. The summed E-state index contributed by atoms with van der Waals surface area (Å²) in [5, 5.41) is 12.0. The second kappa shape index (κ2) is 8.61. The van der Waals surface area contributed by atoms with Crippen LogP contribution in [0.4, 0.5) is 13.2 Å². The number of H-pyrrole nitrogens is 1. The highest BCUT2D eigenvalue weighted by atomic mass is 32.1. The zero-order valence-corrected chi connectivity index (χ0v) is 16.9. The summed E-state index contributed by atoms with van der Waals surface area (Å²) in [6.45, 7) is 1.89. The molecule has 1 aromatic carbocycles. The smallest absolute Gasteiger partial charge is 0.348 e. The van der Waals surface area contributed by atoms with Gasteiger partial charge in [-0.05, 0) is 42.0 Å². The maximum atomic E-state index is 12.9. The van der Waals surface area contributed by atoms with Gasteiger partial charge in [0.05, 0.1) is 16.1 Å². The molecule has 3 heterocycles. The Morgan fingerprint density at radius 1 is 1.20 bits per heavy atom. The summed E-state index contributed by atoms with van der Waals surface area (Å²) in [4.78, 5) is 15.6. The average molecular weight is 434 g/mol. The highest BCUT2D eigenvalue weighted by Gasteiger charge is 2.30. The second-order valence-corrected chi connectivity index (χ2v) is 8.31. The Kier molecular flexibility index (Phi) is 5.92. The van der Waals surface area contributed by atoms with Crippen LogP contribution in [0.3, 0.4) is 0 Å². The van der Waals surface area contributed by atoms with Gasteiger partial charge < -0.3 is 5.32 Å². The van der Waals surface area contributed by atoms with Crippen LogP contribution in [-0.2, 0) is 12.7 Å². The molecule has 0 saturated carbocycles. The van der Waals surface area contributed by atoms with Crippen molar-refractivity contribution in [2.24, 2.45) is 0 Å². The Balaban J connectivity index is 1.28. The first-order valence-corrected chi connectivity index (χ1v) is 10.5. The van der Waals surface area contributed by atoms with Crippen molar-refractivity contribution in [3.63, 3.8) is 0 Å². The molecule has 9 heteroatoms. The van der Waals surface area contributed by atoms with Crippen molar-refractivity contribution >= 4 is 17.2 Å². The van der Waals surface area contributed by atoms with Gasteiger partial charge >= 0.3 is 6.18 Å². The molecule has 1 fully saturated rings. The van der Waals surface area contributed by atoms with E-state index in [1.54, 1.807) is 23.5 Å². The van der Waals surface area contributed by atoms with Gasteiger partial charge in [0, 0.05) is 25.7 Å². The second-order valence-electron chi connectivity index (χ2n) is 7.37. The van der Waals surface area contributed by atoms with Crippen molar-refractivity contribution in [1.82, 2.24) is 20.4 Å². The van der Waals surface area contributed by atoms with Gasteiger partial charge in [-0.1, -0.05) is 24.3 Å². The van der Waals surface area contributed by atoms with E-state index in [-0.39, 0.29) is 11.9 Å². The van der Waals surface area contributed by atoms with Crippen LogP contribution in [0.15, 0.2) is 47.8 Å². The number of amides is 1. The molecule has 4 rings (SSSR count). The van der Waals surface area contributed by atoms with Crippen molar-refractivity contribution in [1.29, 1.82) is 0 Å². The van der Waals surface area contributed by atoms with Crippen LogP contribution in [-0.4, -0.2) is 40.1 Å². The lowest BCUT2D eigenvalue weighted by molar-refractivity contribution is -0.137. The molecule has 0 atom stereocenters. The number of hydrogen-bond donors (Lipinski definition) is 2. The lowest BCUT2D eigenvalue weighted by Crippen LogP contribution is -2.44.